The summed E-state index contributed by atoms with van der Waals surface area (Å²) in [4.78, 5) is 24.7. The Morgan fingerprint density at radius 2 is 2.04 bits per heavy atom. The monoisotopic (exact) mass is 323 g/mol. The molecule has 1 heterocycles. The minimum atomic E-state index is -1.17. The van der Waals surface area contributed by atoms with E-state index >= 15 is 0 Å². The highest BCUT2D eigenvalue weighted by atomic mass is 16.3. The normalized spacial score (nSPS) is 32.2. The van der Waals surface area contributed by atoms with E-state index in [1.54, 1.807) is 0 Å². The SMILES string of the molecule is CCC[C@H](NC(=O)[C@H]1NC[C@@H]2CCC[C@@H]21)C(O)C(=O)NC1CC1. The van der Waals surface area contributed by atoms with Gasteiger partial charge in [0.1, 0.15) is 0 Å². The zero-order valence-electron chi connectivity index (χ0n) is 13.9. The van der Waals surface area contributed by atoms with E-state index < -0.39 is 12.1 Å². The van der Waals surface area contributed by atoms with Crippen LogP contribution in [-0.4, -0.2) is 47.7 Å². The molecule has 1 aliphatic heterocycles. The molecule has 0 aromatic heterocycles. The van der Waals surface area contributed by atoms with Crippen LogP contribution in [0.1, 0.15) is 51.9 Å². The lowest BCUT2D eigenvalue weighted by atomic mass is 9.93. The summed E-state index contributed by atoms with van der Waals surface area (Å²) in [6, 6.07) is -0.458. The van der Waals surface area contributed by atoms with Gasteiger partial charge in [-0.15, -0.1) is 0 Å². The van der Waals surface area contributed by atoms with Crippen molar-refractivity contribution in [3.8, 4) is 0 Å². The number of rotatable bonds is 7. The van der Waals surface area contributed by atoms with Crippen molar-refractivity contribution in [2.45, 2.75) is 76.1 Å². The molecule has 6 heteroatoms. The van der Waals surface area contributed by atoms with Crippen LogP contribution in [0.4, 0.5) is 0 Å². The first-order chi connectivity index (χ1) is 11.1. The lowest BCUT2D eigenvalue weighted by Gasteiger charge is -2.26. The zero-order valence-corrected chi connectivity index (χ0v) is 13.9. The quantitative estimate of drug-likeness (QED) is 0.542. The molecule has 3 rings (SSSR count). The highest BCUT2D eigenvalue weighted by Gasteiger charge is 2.43. The highest BCUT2D eigenvalue weighted by Crippen LogP contribution is 2.37. The summed E-state index contributed by atoms with van der Waals surface area (Å²) in [6.07, 6.45) is 5.71. The number of hydrogen-bond donors (Lipinski definition) is 4. The van der Waals surface area contributed by atoms with Crippen molar-refractivity contribution in [3.63, 3.8) is 0 Å². The predicted octanol–water partition coefficient (Wildman–Crippen LogP) is 0.299. The minimum Gasteiger partial charge on any atom is -0.381 e. The molecule has 0 radical (unpaired) electrons. The van der Waals surface area contributed by atoms with Crippen LogP contribution < -0.4 is 16.0 Å². The third-order valence-corrected chi connectivity index (χ3v) is 5.53. The smallest absolute Gasteiger partial charge is 0.251 e. The maximum Gasteiger partial charge on any atom is 0.251 e. The Balaban J connectivity index is 1.57. The van der Waals surface area contributed by atoms with E-state index in [0.29, 0.717) is 18.3 Å². The molecule has 0 aromatic carbocycles. The lowest BCUT2D eigenvalue weighted by Crippen LogP contribution is -2.55. The average molecular weight is 323 g/mol. The van der Waals surface area contributed by atoms with E-state index in [-0.39, 0.29) is 23.9 Å². The predicted molar refractivity (Wildman–Crippen MR) is 86.6 cm³/mol. The van der Waals surface area contributed by atoms with Gasteiger partial charge in [0.2, 0.25) is 5.91 Å². The Morgan fingerprint density at radius 3 is 2.74 bits per heavy atom. The molecule has 0 spiro atoms. The van der Waals surface area contributed by atoms with E-state index in [2.05, 4.69) is 16.0 Å². The first kappa shape index (κ1) is 16.7. The van der Waals surface area contributed by atoms with Crippen molar-refractivity contribution >= 4 is 11.8 Å². The second-order valence-electron chi connectivity index (χ2n) is 7.37. The fourth-order valence-electron chi connectivity index (χ4n) is 4.06. The highest BCUT2D eigenvalue weighted by molar-refractivity contribution is 5.86. The van der Waals surface area contributed by atoms with Gasteiger partial charge in [-0.25, -0.2) is 0 Å². The summed E-state index contributed by atoms with van der Waals surface area (Å²) in [7, 11) is 0. The molecule has 1 unspecified atom stereocenters. The number of amides is 2. The zero-order chi connectivity index (χ0) is 16.4. The Kier molecular flexibility index (Phi) is 5.21. The van der Waals surface area contributed by atoms with Crippen molar-refractivity contribution in [1.82, 2.24) is 16.0 Å². The third-order valence-electron chi connectivity index (χ3n) is 5.53. The van der Waals surface area contributed by atoms with Crippen LogP contribution in [0.2, 0.25) is 0 Å². The number of nitrogens with one attached hydrogen (secondary N) is 3. The fraction of sp³-hybridized carbons (Fsp3) is 0.882. The van der Waals surface area contributed by atoms with Crippen LogP contribution in [-0.2, 0) is 9.59 Å². The molecule has 130 valence electrons. The number of carbonyl (C=O) groups excluding carboxylic acids is 2. The number of hydrogen-bond acceptors (Lipinski definition) is 4. The number of aliphatic hydroxyl groups excluding tert-OH is 1. The molecule has 5 atom stereocenters. The molecule has 1 saturated heterocycles. The topological polar surface area (TPSA) is 90.5 Å². The first-order valence-electron chi connectivity index (χ1n) is 9.12. The van der Waals surface area contributed by atoms with Gasteiger partial charge in [-0.3, -0.25) is 9.59 Å². The van der Waals surface area contributed by atoms with Gasteiger partial charge in [0.15, 0.2) is 6.10 Å². The maximum atomic E-state index is 12.6. The average Bonchev–Trinajstić information content (AvgIpc) is 3.06. The van der Waals surface area contributed by atoms with Crippen LogP contribution in [0.25, 0.3) is 0 Å². The molecule has 0 bridgehead atoms. The molecule has 4 N–H and O–H groups in total. The van der Waals surface area contributed by atoms with Crippen molar-refractivity contribution < 1.29 is 14.7 Å². The van der Waals surface area contributed by atoms with Crippen molar-refractivity contribution in [1.29, 1.82) is 0 Å². The van der Waals surface area contributed by atoms with Crippen molar-refractivity contribution in [2.24, 2.45) is 11.8 Å². The third kappa shape index (κ3) is 3.86. The lowest BCUT2D eigenvalue weighted by molar-refractivity contribution is -0.133. The Labute approximate surface area is 137 Å². The number of fused-ring (bicyclic) bond motifs is 1. The van der Waals surface area contributed by atoms with Crippen molar-refractivity contribution in [2.75, 3.05) is 6.54 Å². The largest absolute Gasteiger partial charge is 0.381 e. The van der Waals surface area contributed by atoms with Gasteiger partial charge in [0.25, 0.3) is 5.91 Å². The maximum absolute atomic E-state index is 12.6. The molecule has 3 aliphatic rings. The van der Waals surface area contributed by atoms with Gasteiger partial charge < -0.3 is 21.1 Å². The summed E-state index contributed by atoms with van der Waals surface area (Å²) >= 11 is 0. The standard InChI is InChI=1S/C17H29N3O3/c1-2-4-13(15(21)17(23)19-11-7-8-11)20-16(22)14-12-6-3-5-10(12)9-18-14/h10-15,18,21H,2-9H2,1H3,(H,19,23)(H,20,22)/t10-,12-,13-,14-,15?/m0/s1. The summed E-state index contributed by atoms with van der Waals surface area (Å²) in [5.74, 6) is 0.605. The van der Waals surface area contributed by atoms with Crippen LogP contribution in [0, 0.1) is 11.8 Å². The molecule has 0 aromatic rings. The molecule has 2 aliphatic carbocycles. The van der Waals surface area contributed by atoms with E-state index in [1.165, 1.54) is 12.8 Å². The summed E-state index contributed by atoms with van der Waals surface area (Å²) < 4.78 is 0. The van der Waals surface area contributed by atoms with Crippen LogP contribution >= 0.6 is 0 Å². The van der Waals surface area contributed by atoms with Gasteiger partial charge in [0, 0.05) is 6.04 Å². The van der Waals surface area contributed by atoms with Crippen LogP contribution in [0.3, 0.4) is 0 Å². The van der Waals surface area contributed by atoms with E-state index in [4.69, 9.17) is 0 Å². The summed E-state index contributed by atoms with van der Waals surface area (Å²) in [5.41, 5.74) is 0. The second-order valence-corrected chi connectivity index (χ2v) is 7.37. The van der Waals surface area contributed by atoms with Gasteiger partial charge in [0.05, 0.1) is 12.1 Å². The Morgan fingerprint density at radius 1 is 1.26 bits per heavy atom. The van der Waals surface area contributed by atoms with Gasteiger partial charge in [-0.05, 0) is 50.5 Å². The molecule has 2 amide bonds. The van der Waals surface area contributed by atoms with Crippen LogP contribution in [0.5, 0.6) is 0 Å². The first-order valence-corrected chi connectivity index (χ1v) is 9.12. The van der Waals surface area contributed by atoms with Crippen LogP contribution in [0.15, 0.2) is 0 Å². The Bertz CT molecular complexity index is 452. The fourth-order valence-corrected chi connectivity index (χ4v) is 4.06. The molecule has 23 heavy (non-hydrogen) atoms. The summed E-state index contributed by atoms with van der Waals surface area (Å²) in [6.45, 7) is 2.90. The van der Waals surface area contributed by atoms with E-state index in [1.807, 2.05) is 6.92 Å². The number of carbonyl (C=O) groups is 2. The second kappa shape index (κ2) is 7.18. The van der Waals surface area contributed by atoms with Gasteiger partial charge in [-0.1, -0.05) is 19.8 Å². The van der Waals surface area contributed by atoms with Crippen molar-refractivity contribution in [3.05, 3.63) is 0 Å². The molecule has 6 nitrogen and oxygen atoms in total. The van der Waals surface area contributed by atoms with E-state index in [0.717, 1.165) is 32.2 Å². The summed E-state index contributed by atoms with van der Waals surface area (Å²) in [5, 5.41) is 19.4. The molecule has 2 saturated carbocycles. The minimum absolute atomic E-state index is 0.0591. The molecular weight excluding hydrogens is 294 g/mol. The molecule has 3 fully saturated rings. The van der Waals surface area contributed by atoms with Gasteiger partial charge in [-0.2, -0.15) is 0 Å². The van der Waals surface area contributed by atoms with Gasteiger partial charge >= 0.3 is 0 Å². The molecular formula is C17H29N3O3. The number of aliphatic hydroxyl groups is 1. The van der Waals surface area contributed by atoms with E-state index in [9.17, 15) is 14.7 Å². The Hall–Kier alpha value is -1.14.